The third kappa shape index (κ3) is 4.08. The van der Waals surface area contributed by atoms with Crippen molar-refractivity contribution in [2.45, 2.75) is 18.4 Å². The van der Waals surface area contributed by atoms with Crippen LogP contribution >= 0.6 is 0 Å². The minimum absolute atomic E-state index is 0.0241. The van der Waals surface area contributed by atoms with E-state index < -0.39 is 11.6 Å². The first-order valence-electron chi connectivity index (χ1n) is 8.26. The Morgan fingerprint density at radius 3 is 2.48 bits per heavy atom. The maximum absolute atomic E-state index is 12.2. The summed E-state index contributed by atoms with van der Waals surface area (Å²) in [6.07, 6.45) is 0.820. The number of benzene rings is 1. The maximum atomic E-state index is 12.2. The molecule has 2 saturated heterocycles. The standard InChI is InChI=1S/C17H21N3O5/c21-14(12-24-10-11-25-13-4-2-1-3-5-13)20-8-6-17(7-9-20)15(22)18-16(23)19-17/h1-5H,6-12H2,(H2,18,19,22,23). The summed E-state index contributed by atoms with van der Waals surface area (Å²) in [4.78, 5) is 37.0. The molecular weight excluding hydrogens is 326 g/mol. The number of para-hydroxylation sites is 1. The third-order valence-electron chi connectivity index (χ3n) is 4.45. The molecule has 2 heterocycles. The zero-order chi connectivity index (χ0) is 17.7. The van der Waals surface area contributed by atoms with Crippen molar-refractivity contribution in [2.24, 2.45) is 0 Å². The quantitative estimate of drug-likeness (QED) is 0.569. The molecule has 8 heteroatoms. The first-order valence-corrected chi connectivity index (χ1v) is 8.26. The Kier molecular flexibility index (Phi) is 5.18. The molecule has 0 radical (unpaired) electrons. The van der Waals surface area contributed by atoms with Crippen LogP contribution in [0.5, 0.6) is 5.75 Å². The Morgan fingerprint density at radius 1 is 1.12 bits per heavy atom. The highest BCUT2D eigenvalue weighted by atomic mass is 16.5. The minimum atomic E-state index is -0.863. The second-order valence-electron chi connectivity index (χ2n) is 6.09. The molecule has 0 saturated carbocycles. The predicted molar refractivity (Wildman–Crippen MR) is 88.0 cm³/mol. The third-order valence-corrected chi connectivity index (χ3v) is 4.45. The number of imide groups is 1. The highest BCUT2D eigenvalue weighted by Crippen LogP contribution is 2.25. The van der Waals surface area contributed by atoms with Crippen LogP contribution in [0, 0.1) is 0 Å². The lowest BCUT2D eigenvalue weighted by atomic mass is 9.88. The molecule has 2 N–H and O–H groups in total. The maximum Gasteiger partial charge on any atom is 0.322 e. The van der Waals surface area contributed by atoms with E-state index in [1.54, 1.807) is 4.90 Å². The van der Waals surface area contributed by atoms with Crippen LogP contribution in [-0.4, -0.2) is 61.2 Å². The molecule has 134 valence electrons. The van der Waals surface area contributed by atoms with E-state index in [0.29, 0.717) is 39.1 Å². The predicted octanol–water partition coefficient (Wildman–Crippen LogP) is 0.283. The summed E-state index contributed by atoms with van der Waals surface area (Å²) in [6, 6.07) is 8.92. The number of carbonyl (C=O) groups is 3. The van der Waals surface area contributed by atoms with Gasteiger partial charge in [0.05, 0.1) is 6.61 Å². The van der Waals surface area contributed by atoms with Gasteiger partial charge in [0.15, 0.2) is 0 Å². The fraction of sp³-hybridized carbons (Fsp3) is 0.471. The Labute approximate surface area is 145 Å². The lowest BCUT2D eigenvalue weighted by Gasteiger charge is -2.36. The number of nitrogens with zero attached hydrogens (tertiary/aromatic N) is 1. The van der Waals surface area contributed by atoms with Gasteiger partial charge in [-0.25, -0.2) is 4.79 Å². The molecule has 2 fully saturated rings. The summed E-state index contributed by atoms with van der Waals surface area (Å²) < 4.78 is 10.8. The average Bonchev–Trinajstić information content (AvgIpc) is 2.89. The van der Waals surface area contributed by atoms with Crippen LogP contribution in [0.25, 0.3) is 0 Å². The second-order valence-corrected chi connectivity index (χ2v) is 6.09. The summed E-state index contributed by atoms with van der Waals surface area (Å²) in [5.41, 5.74) is -0.863. The topological polar surface area (TPSA) is 97.0 Å². The molecule has 25 heavy (non-hydrogen) atoms. The molecule has 8 nitrogen and oxygen atoms in total. The van der Waals surface area contributed by atoms with Crippen LogP contribution in [0.3, 0.4) is 0 Å². The number of amides is 4. The summed E-state index contributed by atoms with van der Waals surface area (Å²) in [5, 5.41) is 4.92. The van der Waals surface area contributed by atoms with E-state index in [2.05, 4.69) is 10.6 Å². The van der Waals surface area contributed by atoms with Gasteiger partial charge in [-0.15, -0.1) is 0 Å². The van der Waals surface area contributed by atoms with Crippen LogP contribution < -0.4 is 15.4 Å². The zero-order valence-corrected chi connectivity index (χ0v) is 13.8. The van der Waals surface area contributed by atoms with Gasteiger partial charge in [-0.3, -0.25) is 14.9 Å². The molecule has 1 spiro atoms. The Balaban J connectivity index is 1.34. The highest BCUT2D eigenvalue weighted by molar-refractivity contribution is 6.07. The number of rotatable bonds is 6. The van der Waals surface area contributed by atoms with E-state index in [4.69, 9.17) is 9.47 Å². The fourth-order valence-corrected chi connectivity index (χ4v) is 3.00. The van der Waals surface area contributed by atoms with Gasteiger partial charge in [-0.2, -0.15) is 0 Å². The number of ether oxygens (including phenoxy) is 2. The zero-order valence-electron chi connectivity index (χ0n) is 13.8. The molecule has 0 atom stereocenters. The lowest BCUT2D eigenvalue weighted by Crippen LogP contribution is -2.56. The van der Waals surface area contributed by atoms with Crippen molar-refractivity contribution in [2.75, 3.05) is 32.9 Å². The molecule has 2 aliphatic rings. The smallest absolute Gasteiger partial charge is 0.322 e. The number of hydrogen-bond donors (Lipinski definition) is 2. The van der Waals surface area contributed by atoms with Gasteiger partial charge in [-0.1, -0.05) is 18.2 Å². The van der Waals surface area contributed by atoms with E-state index in [-0.39, 0.29) is 18.4 Å². The van der Waals surface area contributed by atoms with Crippen molar-refractivity contribution in [3.63, 3.8) is 0 Å². The molecule has 0 aliphatic carbocycles. The van der Waals surface area contributed by atoms with Gasteiger partial charge in [0.1, 0.15) is 24.5 Å². The van der Waals surface area contributed by atoms with Crippen molar-refractivity contribution in [1.29, 1.82) is 0 Å². The molecule has 0 aromatic heterocycles. The number of nitrogens with one attached hydrogen (secondary N) is 2. The number of hydrogen-bond acceptors (Lipinski definition) is 5. The monoisotopic (exact) mass is 347 g/mol. The number of likely N-dealkylation sites (tertiary alicyclic amines) is 1. The van der Waals surface area contributed by atoms with Crippen molar-refractivity contribution in [3.05, 3.63) is 30.3 Å². The van der Waals surface area contributed by atoms with Crippen molar-refractivity contribution in [1.82, 2.24) is 15.5 Å². The van der Waals surface area contributed by atoms with Crippen LogP contribution in [-0.2, 0) is 14.3 Å². The van der Waals surface area contributed by atoms with E-state index >= 15 is 0 Å². The molecule has 0 bridgehead atoms. The van der Waals surface area contributed by atoms with Gasteiger partial charge in [0, 0.05) is 13.1 Å². The van der Waals surface area contributed by atoms with Crippen LogP contribution in [0.15, 0.2) is 30.3 Å². The number of carbonyl (C=O) groups excluding carboxylic acids is 3. The molecule has 3 rings (SSSR count). The lowest BCUT2D eigenvalue weighted by molar-refractivity contribution is -0.140. The molecule has 4 amide bonds. The van der Waals surface area contributed by atoms with E-state index in [0.717, 1.165) is 5.75 Å². The number of urea groups is 1. The first-order chi connectivity index (χ1) is 12.1. The summed E-state index contributed by atoms with van der Waals surface area (Å²) >= 11 is 0. The summed E-state index contributed by atoms with van der Waals surface area (Å²) in [5.74, 6) is 0.328. The van der Waals surface area contributed by atoms with Gasteiger partial charge >= 0.3 is 6.03 Å². The van der Waals surface area contributed by atoms with Crippen molar-refractivity contribution in [3.8, 4) is 5.75 Å². The Morgan fingerprint density at radius 2 is 1.84 bits per heavy atom. The van der Waals surface area contributed by atoms with Crippen molar-refractivity contribution >= 4 is 17.8 Å². The Bertz CT molecular complexity index is 641. The van der Waals surface area contributed by atoms with Gasteiger partial charge in [0.2, 0.25) is 5.91 Å². The fourth-order valence-electron chi connectivity index (χ4n) is 3.00. The van der Waals surface area contributed by atoms with Gasteiger partial charge < -0.3 is 19.7 Å². The molecule has 2 aliphatic heterocycles. The molecule has 1 aromatic carbocycles. The largest absolute Gasteiger partial charge is 0.491 e. The van der Waals surface area contributed by atoms with E-state index in [9.17, 15) is 14.4 Å². The van der Waals surface area contributed by atoms with Gasteiger partial charge in [-0.05, 0) is 25.0 Å². The molecular formula is C17H21N3O5. The van der Waals surface area contributed by atoms with Crippen molar-refractivity contribution < 1.29 is 23.9 Å². The summed E-state index contributed by atoms with van der Waals surface area (Å²) in [6.45, 7) is 1.49. The SMILES string of the molecule is O=C1NC(=O)C2(CCN(C(=O)COCCOc3ccccc3)CC2)N1. The van der Waals surface area contributed by atoms with E-state index in [1.165, 1.54) is 0 Å². The van der Waals surface area contributed by atoms with Crippen LogP contribution in [0.2, 0.25) is 0 Å². The van der Waals surface area contributed by atoms with Crippen LogP contribution in [0.4, 0.5) is 4.79 Å². The number of piperidine rings is 1. The van der Waals surface area contributed by atoms with Gasteiger partial charge in [0.25, 0.3) is 5.91 Å². The highest BCUT2D eigenvalue weighted by Gasteiger charge is 2.48. The Hall–Kier alpha value is -2.61. The van der Waals surface area contributed by atoms with E-state index in [1.807, 2.05) is 30.3 Å². The van der Waals surface area contributed by atoms with Crippen LogP contribution in [0.1, 0.15) is 12.8 Å². The summed E-state index contributed by atoms with van der Waals surface area (Å²) in [7, 11) is 0. The normalized spacial score (nSPS) is 18.8. The molecule has 0 unspecified atom stereocenters. The second kappa shape index (κ2) is 7.52. The average molecular weight is 347 g/mol. The molecule has 1 aromatic rings. The minimum Gasteiger partial charge on any atom is -0.491 e. The first kappa shape index (κ1) is 17.2.